The summed E-state index contributed by atoms with van der Waals surface area (Å²) in [6.45, 7) is 2.09. The Morgan fingerprint density at radius 1 is 1.20 bits per heavy atom. The molecule has 4 heterocycles. The highest BCUT2D eigenvalue weighted by atomic mass is 16.1. The molecule has 1 amide bonds. The van der Waals surface area contributed by atoms with Crippen LogP contribution in [0.1, 0.15) is 21.6 Å². The third kappa shape index (κ3) is 2.71. The van der Waals surface area contributed by atoms with Crippen LogP contribution in [-0.2, 0) is 6.54 Å². The third-order valence-corrected chi connectivity index (χ3v) is 3.76. The second-order valence-electron chi connectivity index (χ2n) is 5.37. The van der Waals surface area contributed by atoms with Crippen LogP contribution in [0.4, 0.5) is 0 Å². The van der Waals surface area contributed by atoms with Gasteiger partial charge in [-0.05, 0) is 25.1 Å². The van der Waals surface area contributed by atoms with Crippen LogP contribution in [0.5, 0.6) is 0 Å². The minimum Gasteiger partial charge on any atom is -0.348 e. The van der Waals surface area contributed by atoms with E-state index in [1.807, 2.05) is 18.2 Å². The number of hydrogen-bond acceptors (Lipinski definition) is 6. The molecule has 124 valence electrons. The highest BCUT2D eigenvalue weighted by Crippen LogP contribution is 2.15. The van der Waals surface area contributed by atoms with E-state index in [-0.39, 0.29) is 5.91 Å². The van der Waals surface area contributed by atoms with Gasteiger partial charge in [0.25, 0.3) is 5.91 Å². The second-order valence-corrected chi connectivity index (χ2v) is 5.37. The molecule has 0 saturated carbocycles. The molecule has 4 rings (SSSR count). The molecule has 0 atom stereocenters. The number of aryl methyl sites for hydroxylation is 1. The molecule has 4 aromatic rings. The molecule has 1 N–H and O–H groups in total. The van der Waals surface area contributed by atoms with Crippen LogP contribution in [0, 0.1) is 6.92 Å². The van der Waals surface area contributed by atoms with Gasteiger partial charge in [-0.3, -0.25) is 4.79 Å². The third-order valence-electron chi connectivity index (χ3n) is 3.76. The summed E-state index contributed by atoms with van der Waals surface area (Å²) in [5, 5.41) is 15.4. The minimum atomic E-state index is -0.214. The van der Waals surface area contributed by atoms with Gasteiger partial charge in [-0.25, -0.2) is 14.6 Å². The van der Waals surface area contributed by atoms with Gasteiger partial charge in [0.05, 0.1) is 11.3 Å². The first-order valence-corrected chi connectivity index (χ1v) is 7.62. The van der Waals surface area contributed by atoms with Gasteiger partial charge in [-0.15, -0.1) is 0 Å². The average molecular weight is 334 g/mol. The van der Waals surface area contributed by atoms with Crippen molar-refractivity contribution >= 4 is 11.4 Å². The number of aromatic nitrogens is 7. The monoisotopic (exact) mass is 334 g/mol. The predicted octanol–water partition coefficient (Wildman–Crippen LogP) is 0.943. The average Bonchev–Trinajstić information content (AvgIpc) is 3.27. The molecule has 0 saturated heterocycles. The molecule has 0 aliphatic carbocycles. The maximum atomic E-state index is 12.7. The number of nitrogens with zero attached hydrogens (tertiary/aromatic N) is 7. The zero-order valence-corrected chi connectivity index (χ0v) is 13.4. The standard InChI is InChI=1S/C16H14N8O/c1-11-14(13-5-3-7-20-24(13)22-11)16(25)19-8-12-4-2-6-18-15(12)23-10-17-9-21-23/h2-7,9-10H,8H2,1H3,(H,19,25). The Kier molecular flexibility index (Phi) is 3.65. The van der Waals surface area contributed by atoms with Gasteiger partial charge in [0.1, 0.15) is 18.2 Å². The van der Waals surface area contributed by atoms with Crippen molar-refractivity contribution < 1.29 is 4.79 Å². The van der Waals surface area contributed by atoms with Gasteiger partial charge in [-0.2, -0.15) is 19.9 Å². The number of rotatable bonds is 4. The number of fused-ring (bicyclic) bond motifs is 1. The Hall–Kier alpha value is -3.62. The van der Waals surface area contributed by atoms with Gasteiger partial charge in [0.15, 0.2) is 5.82 Å². The molecule has 4 aromatic heterocycles. The second kappa shape index (κ2) is 6.11. The first-order chi connectivity index (χ1) is 12.2. The molecule has 25 heavy (non-hydrogen) atoms. The largest absolute Gasteiger partial charge is 0.348 e. The summed E-state index contributed by atoms with van der Waals surface area (Å²) in [7, 11) is 0. The molecule has 0 aliphatic rings. The molecule has 0 aromatic carbocycles. The number of hydrogen-bond donors (Lipinski definition) is 1. The van der Waals surface area contributed by atoms with E-state index in [1.54, 1.807) is 36.4 Å². The molecule has 0 spiro atoms. The van der Waals surface area contributed by atoms with Gasteiger partial charge < -0.3 is 5.32 Å². The smallest absolute Gasteiger partial charge is 0.255 e. The van der Waals surface area contributed by atoms with E-state index in [1.165, 1.54) is 11.0 Å². The lowest BCUT2D eigenvalue weighted by Crippen LogP contribution is -2.24. The molecule has 0 unspecified atom stereocenters. The Labute approximate surface area is 142 Å². The van der Waals surface area contributed by atoms with E-state index in [2.05, 4.69) is 30.6 Å². The van der Waals surface area contributed by atoms with Crippen molar-refractivity contribution in [1.29, 1.82) is 0 Å². The number of carbonyl (C=O) groups is 1. The zero-order chi connectivity index (χ0) is 17.2. The molecule has 0 fully saturated rings. The predicted molar refractivity (Wildman–Crippen MR) is 88.0 cm³/mol. The lowest BCUT2D eigenvalue weighted by atomic mass is 10.2. The summed E-state index contributed by atoms with van der Waals surface area (Å²) in [6, 6.07) is 7.28. The van der Waals surface area contributed by atoms with Crippen LogP contribution in [0.3, 0.4) is 0 Å². The Morgan fingerprint density at radius 2 is 2.08 bits per heavy atom. The lowest BCUT2D eigenvalue weighted by molar-refractivity contribution is 0.0952. The molecule has 9 heteroatoms. The zero-order valence-electron chi connectivity index (χ0n) is 13.4. The normalized spacial score (nSPS) is 10.9. The summed E-state index contributed by atoms with van der Waals surface area (Å²) >= 11 is 0. The van der Waals surface area contributed by atoms with Crippen molar-refractivity contribution in [2.75, 3.05) is 0 Å². The van der Waals surface area contributed by atoms with Crippen LogP contribution in [0.25, 0.3) is 11.3 Å². The van der Waals surface area contributed by atoms with Crippen LogP contribution in [-0.4, -0.2) is 40.5 Å². The van der Waals surface area contributed by atoms with E-state index < -0.39 is 0 Å². The van der Waals surface area contributed by atoms with Crippen molar-refractivity contribution in [2.24, 2.45) is 0 Å². The Balaban J connectivity index is 1.60. The van der Waals surface area contributed by atoms with E-state index in [0.717, 1.165) is 5.56 Å². The number of amides is 1. The number of carbonyl (C=O) groups excluding carboxylic acids is 1. The molecule has 9 nitrogen and oxygen atoms in total. The summed E-state index contributed by atoms with van der Waals surface area (Å²) in [6.07, 6.45) is 6.30. The van der Waals surface area contributed by atoms with Crippen molar-refractivity contribution in [3.8, 4) is 5.82 Å². The quantitative estimate of drug-likeness (QED) is 0.596. The maximum Gasteiger partial charge on any atom is 0.255 e. The number of pyridine rings is 1. The maximum absolute atomic E-state index is 12.7. The van der Waals surface area contributed by atoms with Crippen molar-refractivity contribution in [2.45, 2.75) is 13.5 Å². The van der Waals surface area contributed by atoms with Crippen molar-refractivity contribution in [3.05, 3.63) is 66.1 Å². The van der Waals surface area contributed by atoms with Gasteiger partial charge >= 0.3 is 0 Å². The topological polar surface area (TPSA) is 103 Å². The van der Waals surface area contributed by atoms with E-state index in [0.29, 0.717) is 29.1 Å². The molecule has 0 bridgehead atoms. The van der Waals surface area contributed by atoms with Crippen molar-refractivity contribution in [1.82, 2.24) is 39.9 Å². The number of nitrogens with one attached hydrogen (secondary N) is 1. The fraction of sp³-hybridized carbons (Fsp3) is 0.125. The Bertz CT molecular complexity index is 1040. The van der Waals surface area contributed by atoms with Crippen molar-refractivity contribution in [3.63, 3.8) is 0 Å². The van der Waals surface area contributed by atoms with E-state index >= 15 is 0 Å². The van der Waals surface area contributed by atoms with Crippen LogP contribution >= 0.6 is 0 Å². The first-order valence-electron chi connectivity index (χ1n) is 7.62. The van der Waals surface area contributed by atoms with Crippen LogP contribution in [0.15, 0.2) is 49.3 Å². The van der Waals surface area contributed by atoms with Crippen LogP contribution in [0.2, 0.25) is 0 Å². The first kappa shape index (κ1) is 14.9. The lowest BCUT2D eigenvalue weighted by Gasteiger charge is -2.09. The van der Waals surface area contributed by atoms with Gasteiger partial charge in [0.2, 0.25) is 0 Å². The van der Waals surface area contributed by atoms with E-state index in [9.17, 15) is 4.79 Å². The summed E-state index contributed by atoms with van der Waals surface area (Å²) in [5.74, 6) is 0.410. The SMILES string of the molecule is Cc1nn2ncccc2c1C(=O)NCc1cccnc1-n1cncn1. The summed E-state index contributed by atoms with van der Waals surface area (Å²) < 4.78 is 3.02. The molecular formula is C16H14N8O. The minimum absolute atomic E-state index is 0.214. The van der Waals surface area contributed by atoms with E-state index in [4.69, 9.17) is 0 Å². The molecule has 0 aliphatic heterocycles. The van der Waals surface area contributed by atoms with Gasteiger partial charge in [0, 0.05) is 24.5 Å². The fourth-order valence-electron chi connectivity index (χ4n) is 2.64. The summed E-state index contributed by atoms with van der Waals surface area (Å²) in [5.41, 5.74) is 2.63. The molecule has 0 radical (unpaired) electrons. The fourth-order valence-corrected chi connectivity index (χ4v) is 2.64. The summed E-state index contributed by atoms with van der Waals surface area (Å²) in [4.78, 5) is 20.9. The van der Waals surface area contributed by atoms with Crippen LogP contribution < -0.4 is 5.32 Å². The highest BCUT2D eigenvalue weighted by molar-refractivity contribution is 6.01. The van der Waals surface area contributed by atoms with Gasteiger partial charge in [-0.1, -0.05) is 6.07 Å². The highest BCUT2D eigenvalue weighted by Gasteiger charge is 2.18. The molecular weight excluding hydrogens is 320 g/mol. The Morgan fingerprint density at radius 3 is 2.92 bits per heavy atom.